The van der Waals surface area contributed by atoms with E-state index >= 15 is 0 Å². The van der Waals surface area contributed by atoms with E-state index in [0.29, 0.717) is 58.3 Å². The molecule has 4 rings (SSSR count). The van der Waals surface area contributed by atoms with E-state index in [1.807, 2.05) is 66.7 Å². The first-order chi connectivity index (χ1) is 20.2. The summed E-state index contributed by atoms with van der Waals surface area (Å²) in [5.41, 5.74) is 1.47. The van der Waals surface area contributed by atoms with E-state index < -0.39 is 29.3 Å². The molecule has 0 saturated carbocycles. The molecule has 0 aliphatic carbocycles. The van der Waals surface area contributed by atoms with E-state index in [-0.39, 0.29) is 12.8 Å². The summed E-state index contributed by atoms with van der Waals surface area (Å²) in [5, 5.41) is 12.9. The lowest BCUT2D eigenvalue weighted by Crippen LogP contribution is -2.33. The highest BCUT2D eigenvalue weighted by atomic mass is 16.7. The zero-order chi connectivity index (χ0) is 30.3. The molecule has 0 aromatic heterocycles. The number of rotatable bonds is 13. The summed E-state index contributed by atoms with van der Waals surface area (Å²) in [6.45, 7) is 1.63. The van der Waals surface area contributed by atoms with E-state index in [1.165, 1.54) is 0 Å². The van der Waals surface area contributed by atoms with Crippen LogP contribution in [0.1, 0.15) is 61.3 Å². The van der Waals surface area contributed by atoms with Crippen molar-refractivity contribution in [2.45, 2.75) is 51.0 Å². The normalized spacial score (nSPS) is 15.1. The third-order valence-corrected chi connectivity index (χ3v) is 7.56. The lowest BCUT2D eigenvalue weighted by Gasteiger charge is -2.31. The first-order valence-electron chi connectivity index (χ1n) is 14.0. The van der Waals surface area contributed by atoms with Crippen molar-refractivity contribution in [1.82, 2.24) is 5.06 Å². The van der Waals surface area contributed by atoms with Gasteiger partial charge in [-0.25, -0.2) is 4.79 Å². The summed E-state index contributed by atoms with van der Waals surface area (Å²) < 4.78 is 16.3. The Morgan fingerprint density at radius 1 is 0.833 bits per heavy atom. The summed E-state index contributed by atoms with van der Waals surface area (Å²) in [6.07, 6.45) is 2.79. The molecule has 9 nitrogen and oxygen atoms in total. The number of hydrogen-bond donors (Lipinski definition) is 1. The number of carbonyl (C=O) groups excluding carboxylic acids is 3. The van der Waals surface area contributed by atoms with Gasteiger partial charge in [0.05, 0.1) is 21.3 Å². The molecule has 222 valence electrons. The van der Waals surface area contributed by atoms with Crippen LogP contribution in [0.4, 0.5) is 0 Å². The molecule has 1 heterocycles. The smallest absolute Gasteiger partial charge is 0.333 e. The Morgan fingerprint density at radius 2 is 1.40 bits per heavy atom. The molecule has 0 bridgehead atoms. The molecule has 1 aliphatic rings. The molecule has 1 N–H and O–H groups in total. The molecule has 1 aliphatic heterocycles. The van der Waals surface area contributed by atoms with Crippen molar-refractivity contribution >= 4 is 17.8 Å². The molecule has 2 amide bonds. The van der Waals surface area contributed by atoms with E-state index in [9.17, 15) is 19.5 Å². The predicted molar refractivity (Wildman–Crippen MR) is 155 cm³/mol. The van der Waals surface area contributed by atoms with Crippen molar-refractivity contribution < 1.29 is 38.5 Å². The molecule has 1 unspecified atom stereocenters. The van der Waals surface area contributed by atoms with Crippen molar-refractivity contribution in [2.24, 2.45) is 5.92 Å². The molecular weight excluding hydrogens is 538 g/mol. The van der Waals surface area contributed by atoms with Gasteiger partial charge in [-0.2, -0.15) is 0 Å². The van der Waals surface area contributed by atoms with Gasteiger partial charge in [-0.05, 0) is 77.9 Å². The third-order valence-electron chi connectivity index (χ3n) is 7.56. The van der Waals surface area contributed by atoms with E-state index in [1.54, 1.807) is 28.3 Å². The number of methoxy groups -OCH3 is 3. The average molecular weight is 576 g/mol. The number of unbranched alkanes of at least 4 members (excludes halogenated alkanes) is 2. The van der Waals surface area contributed by atoms with Crippen LogP contribution >= 0.6 is 0 Å². The quantitative estimate of drug-likeness (QED) is 0.173. The fourth-order valence-electron chi connectivity index (χ4n) is 5.12. The number of aliphatic hydroxyl groups is 1. The molecule has 0 radical (unpaired) electrons. The number of carbonyl (C=O) groups is 3. The number of imide groups is 1. The van der Waals surface area contributed by atoms with Crippen LogP contribution < -0.4 is 14.2 Å². The Morgan fingerprint density at radius 3 is 1.90 bits per heavy atom. The van der Waals surface area contributed by atoms with E-state index in [2.05, 4.69) is 0 Å². The van der Waals surface area contributed by atoms with Crippen LogP contribution in [-0.4, -0.2) is 49.3 Å². The fraction of sp³-hybridized carbons (Fsp3) is 0.364. The lowest BCUT2D eigenvalue weighted by molar-refractivity contribution is -0.198. The summed E-state index contributed by atoms with van der Waals surface area (Å²) in [4.78, 5) is 41.0. The van der Waals surface area contributed by atoms with Gasteiger partial charge in [0, 0.05) is 18.8 Å². The highest BCUT2D eigenvalue weighted by Gasteiger charge is 2.39. The Balaban J connectivity index is 1.48. The van der Waals surface area contributed by atoms with Crippen molar-refractivity contribution in [1.29, 1.82) is 0 Å². The van der Waals surface area contributed by atoms with Crippen LogP contribution in [0.5, 0.6) is 17.2 Å². The minimum Gasteiger partial charge on any atom is -0.497 e. The second kappa shape index (κ2) is 13.5. The predicted octanol–water partition coefficient (Wildman–Crippen LogP) is 4.95. The highest BCUT2D eigenvalue weighted by Crippen LogP contribution is 2.40. The second-order valence-electron chi connectivity index (χ2n) is 10.3. The summed E-state index contributed by atoms with van der Waals surface area (Å²) in [5.74, 6) is 0.0241. The van der Waals surface area contributed by atoms with Gasteiger partial charge < -0.3 is 24.2 Å². The molecule has 3 aromatic rings. The molecule has 42 heavy (non-hydrogen) atoms. The van der Waals surface area contributed by atoms with Gasteiger partial charge in [-0.3, -0.25) is 9.59 Å². The number of hydroxylamine groups is 2. The minimum absolute atomic E-state index is 0.0546. The maximum atomic E-state index is 12.4. The van der Waals surface area contributed by atoms with Crippen molar-refractivity contribution in [3.8, 4) is 17.2 Å². The van der Waals surface area contributed by atoms with Gasteiger partial charge in [-0.1, -0.05) is 43.7 Å². The first kappa shape index (κ1) is 30.6. The van der Waals surface area contributed by atoms with Crippen LogP contribution in [0, 0.1) is 5.92 Å². The van der Waals surface area contributed by atoms with Crippen LogP contribution in [-0.2, 0) is 31.2 Å². The lowest BCUT2D eigenvalue weighted by atomic mass is 9.79. The van der Waals surface area contributed by atoms with Gasteiger partial charge in [0.15, 0.2) is 0 Å². The molecule has 1 atom stereocenters. The topological polar surface area (TPSA) is 112 Å². The van der Waals surface area contributed by atoms with Crippen molar-refractivity contribution in [3.63, 3.8) is 0 Å². The van der Waals surface area contributed by atoms with Crippen LogP contribution in [0.15, 0.2) is 66.7 Å². The number of amides is 2. The van der Waals surface area contributed by atoms with E-state index in [4.69, 9.17) is 19.0 Å². The molecule has 1 fully saturated rings. The zero-order valence-corrected chi connectivity index (χ0v) is 24.4. The van der Waals surface area contributed by atoms with Crippen molar-refractivity contribution in [3.05, 3.63) is 89.0 Å². The van der Waals surface area contributed by atoms with Crippen LogP contribution in [0.2, 0.25) is 0 Å². The molecule has 9 heteroatoms. The van der Waals surface area contributed by atoms with E-state index in [0.717, 1.165) is 12.0 Å². The molecular formula is C33H37NO8. The highest BCUT2D eigenvalue weighted by molar-refractivity contribution is 6.02. The summed E-state index contributed by atoms with van der Waals surface area (Å²) >= 11 is 0. The molecule has 1 saturated heterocycles. The number of hydrogen-bond acceptors (Lipinski definition) is 8. The summed E-state index contributed by atoms with van der Waals surface area (Å²) in [7, 11) is 4.80. The molecule has 3 aromatic carbocycles. The maximum Gasteiger partial charge on any atom is 0.333 e. The van der Waals surface area contributed by atoms with Crippen LogP contribution in [0.3, 0.4) is 0 Å². The Kier molecular flexibility index (Phi) is 9.85. The van der Waals surface area contributed by atoms with Gasteiger partial charge in [-0.15, -0.1) is 5.06 Å². The number of aryl methyl sites for hydroxylation is 1. The van der Waals surface area contributed by atoms with Crippen molar-refractivity contribution in [2.75, 3.05) is 21.3 Å². The Hall–Kier alpha value is -4.37. The fourth-order valence-corrected chi connectivity index (χ4v) is 5.12. The second-order valence-corrected chi connectivity index (χ2v) is 10.3. The average Bonchev–Trinajstić information content (AvgIpc) is 3.25. The standard InChI is InChI=1S/C33H37NO8/c1-22-20-30(35)34(32(22)37)42-31(36)9-7-5-6-8-23-21-26(14-19-29(23)41-4)33(38,24-10-15-27(39-2)16-11-24)25-12-17-28(40-3)18-13-25/h10-19,21-22,38H,5-9,20H2,1-4H3. The molecule has 0 spiro atoms. The van der Waals surface area contributed by atoms with Gasteiger partial charge >= 0.3 is 5.97 Å². The Labute approximate surface area is 245 Å². The monoisotopic (exact) mass is 575 g/mol. The van der Waals surface area contributed by atoms with Crippen LogP contribution in [0.25, 0.3) is 0 Å². The summed E-state index contributed by atoms with van der Waals surface area (Å²) in [6, 6.07) is 20.3. The Bertz CT molecular complexity index is 1350. The number of nitrogens with zero attached hydrogens (tertiary/aromatic N) is 1. The first-order valence-corrected chi connectivity index (χ1v) is 14.0. The van der Waals surface area contributed by atoms with Gasteiger partial charge in [0.25, 0.3) is 11.8 Å². The third kappa shape index (κ3) is 6.57. The van der Waals surface area contributed by atoms with Gasteiger partial charge in [0.1, 0.15) is 22.8 Å². The SMILES string of the molecule is COc1ccc(C(O)(c2ccc(OC)cc2)c2ccc(OC)c(CCCCCC(=O)ON3C(=O)CC(C)C3=O)c2)cc1. The minimum atomic E-state index is -1.47. The van der Waals surface area contributed by atoms with Gasteiger partial charge in [0.2, 0.25) is 0 Å². The maximum absolute atomic E-state index is 12.4. The largest absolute Gasteiger partial charge is 0.497 e. The number of ether oxygens (including phenoxy) is 3. The zero-order valence-electron chi connectivity index (χ0n) is 24.4. The number of benzene rings is 3.